The number of hydrogen-bond acceptors (Lipinski definition) is 5. The minimum atomic E-state index is 0.567. The van der Waals surface area contributed by atoms with Gasteiger partial charge in [0.1, 0.15) is 0 Å². The molecule has 0 aliphatic rings. The molecule has 0 saturated carbocycles. The van der Waals surface area contributed by atoms with Crippen molar-refractivity contribution < 1.29 is 0 Å². The van der Waals surface area contributed by atoms with Gasteiger partial charge < -0.3 is 9.13 Å². The van der Waals surface area contributed by atoms with Crippen LogP contribution in [0.1, 0.15) is 0 Å². The summed E-state index contributed by atoms with van der Waals surface area (Å²) in [4.78, 5) is 19.7. The van der Waals surface area contributed by atoms with E-state index in [-0.39, 0.29) is 0 Å². The molecule has 16 rings (SSSR count). The minimum Gasteiger partial charge on any atom is -0.309 e. The van der Waals surface area contributed by atoms with Crippen molar-refractivity contribution in [2.45, 2.75) is 0 Å². The van der Waals surface area contributed by atoms with Crippen LogP contribution >= 0.6 is 22.7 Å². The first-order chi connectivity index (χ1) is 38.6. The molecule has 0 aliphatic carbocycles. The molecule has 0 spiro atoms. The zero-order valence-electron chi connectivity index (χ0n) is 41.6. The number of rotatable bonds is 7. The predicted octanol–water partition coefficient (Wildman–Crippen LogP) is 19.7. The van der Waals surface area contributed by atoms with Gasteiger partial charge in [-0.2, -0.15) is 0 Å². The smallest absolute Gasteiger partial charge is 0.194 e. The van der Waals surface area contributed by atoms with Gasteiger partial charge in [0, 0.05) is 84.1 Å². The Morgan fingerprint density at radius 1 is 0.321 bits per heavy atom. The van der Waals surface area contributed by atoms with Crippen molar-refractivity contribution in [3.8, 4) is 67.8 Å². The van der Waals surface area contributed by atoms with E-state index >= 15 is 0 Å². The maximum atomic E-state index is 8.56. The molecule has 0 atom stereocenters. The van der Waals surface area contributed by atoms with Crippen molar-refractivity contribution >= 4 is 112 Å². The SMILES string of the molecule is [C-]#[N+]c1ccccc1-c1cc(-c2cc(-c3nc(-c4ccccc4)nc(-c4ccccc4)n3)ccc2-n2c3ccccc3c3c4sc5ccccc5c4ccc32)ccc1-n1c2ccccc2c2c3sc4ccccc4c3ccc21. The second-order valence-corrected chi connectivity index (χ2v) is 21.8. The maximum Gasteiger partial charge on any atom is 0.194 e. The molecule has 0 bridgehead atoms. The Kier molecular flexibility index (Phi) is 9.94. The van der Waals surface area contributed by atoms with Gasteiger partial charge in [-0.25, -0.2) is 19.8 Å². The highest BCUT2D eigenvalue weighted by molar-refractivity contribution is 7.27. The Morgan fingerprint density at radius 3 is 1.31 bits per heavy atom. The molecule has 0 amide bonds. The van der Waals surface area contributed by atoms with E-state index < -0.39 is 0 Å². The van der Waals surface area contributed by atoms with Gasteiger partial charge in [0.15, 0.2) is 23.2 Å². The summed E-state index contributed by atoms with van der Waals surface area (Å²) in [6, 6.07) is 85.9. The average Bonchev–Trinajstić information content (AvgIpc) is 4.46. The quantitative estimate of drug-likeness (QED) is 0.150. The Balaban J connectivity index is 0.997. The lowest BCUT2D eigenvalue weighted by Gasteiger charge is -2.20. The molecule has 0 radical (unpaired) electrons. The second-order valence-electron chi connectivity index (χ2n) is 19.7. The molecule has 5 aromatic heterocycles. The third kappa shape index (κ3) is 6.76. The summed E-state index contributed by atoms with van der Waals surface area (Å²) in [6.07, 6.45) is 0. The first-order valence-electron chi connectivity index (χ1n) is 26.0. The highest BCUT2D eigenvalue weighted by Gasteiger charge is 2.25. The van der Waals surface area contributed by atoms with E-state index in [0.717, 1.165) is 72.4 Å². The van der Waals surface area contributed by atoms with Crippen LogP contribution in [-0.4, -0.2) is 24.1 Å². The number of fused-ring (bicyclic) bond motifs is 14. The van der Waals surface area contributed by atoms with E-state index in [0.29, 0.717) is 23.2 Å². The summed E-state index contributed by atoms with van der Waals surface area (Å²) in [7, 11) is 0. The van der Waals surface area contributed by atoms with E-state index in [1.165, 1.54) is 61.9 Å². The lowest BCUT2D eigenvalue weighted by molar-refractivity contribution is 1.07. The molecule has 6 nitrogen and oxygen atoms in total. The van der Waals surface area contributed by atoms with Gasteiger partial charge in [-0.1, -0.05) is 176 Å². The standard InChI is InChI=1S/C70H40N6S2/c1-71-55-27-13-8-22-46(55)54-40-44(32-36-59(54)76-57-29-15-10-26-52(57)65-61(76)39-35-50-48-24-12-17-31-63(48)78-67(50)65)53-41-45(70-73-68(42-18-4-2-5-19-42)72-69(74-70)43-20-6-3-7-21-43)33-37-58(53)75-56-28-14-9-25-51(56)64-60(75)38-34-49-47-23-11-16-30-62(47)77-66(49)64/h2-41H. The molecule has 0 N–H and O–H groups in total. The van der Waals surface area contributed by atoms with E-state index in [4.69, 9.17) is 21.5 Å². The van der Waals surface area contributed by atoms with Crippen LogP contribution in [0.3, 0.4) is 0 Å². The summed E-state index contributed by atoms with van der Waals surface area (Å²) in [5, 5.41) is 9.91. The van der Waals surface area contributed by atoms with Crippen molar-refractivity contribution in [3.05, 3.63) is 254 Å². The monoisotopic (exact) mass is 1030 g/mol. The van der Waals surface area contributed by atoms with Crippen LogP contribution in [-0.2, 0) is 0 Å². The number of hydrogen-bond donors (Lipinski definition) is 0. The number of nitrogens with zero attached hydrogens (tertiary/aromatic N) is 6. The van der Waals surface area contributed by atoms with Crippen LogP contribution in [0.2, 0.25) is 0 Å². The van der Waals surface area contributed by atoms with E-state index in [2.05, 4.69) is 178 Å². The number of para-hydroxylation sites is 3. The lowest BCUT2D eigenvalue weighted by atomic mass is 9.94. The summed E-state index contributed by atoms with van der Waals surface area (Å²) in [5.41, 5.74) is 13.5. The molecule has 8 heteroatoms. The largest absolute Gasteiger partial charge is 0.309 e. The Labute approximate surface area is 455 Å². The highest BCUT2D eigenvalue weighted by atomic mass is 32.1. The maximum absolute atomic E-state index is 8.56. The van der Waals surface area contributed by atoms with E-state index in [9.17, 15) is 0 Å². The summed E-state index contributed by atoms with van der Waals surface area (Å²) in [5.74, 6) is 1.76. The zero-order valence-corrected chi connectivity index (χ0v) is 43.2. The second kappa shape index (κ2) is 17.5. The van der Waals surface area contributed by atoms with Gasteiger partial charge >= 0.3 is 0 Å². The Bertz CT molecular complexity index is 5120. The van der Waals surface area contributed by atoms with Crippen molar-refractivity contribution in [2.75, 3.05) is 0 Å². The van der Waals surface area contributed by atoms with Crippen LogP contribution in [0.25, 0.3) is 157 Å². The molecule has 0 fully saturated rings. The van der Waals surface area contributed by atoms with Crippen LogP contribution in [0.4, 0.5) is 5.69 Å². The van der Waals surface area contributed by atoms with Crippen molar-refractivity contribution in [3.63, 3.8) is 0 Å². The van der Waals surface area contributed by atoms with Gasteiger partial charge in [0.05, 0.1) is 40.0 Å². The molecule has 0 unspecified atom stereocenters. The first kappa shape index (κ1) is 44.3. The number of thiophene rings is 2. The zero-order chi connectivity index (χ0) is 51.4. The highest BCUT2D eigenvalue weighted by Crippen LogP contribution is 2.48. The predicted molar refractivity (Wildman–Crippen MR) is 328 cm³/mol. The van der Waals surface area contributed by atoms with Crippen molar-refractivity contribution in [2.24, 2.45) is 0 Å². The van der Waals surface area contributed by atoms with Crippen LogP contribution < -0.4 is 0 Å². The minimum absolute atomic E-state index is 0.567. The van der Waals surface area contributed by atoms with E-state index in [1.54, 1.807) is 0 Å². The molecule has 362 valence electrons. The van der Waals surface area contributed by atoms with Crippen LogP contribution in [0.15, 0.2) is 243 Å². The topological polar surface area (TPSA) is 52.9 Å². The molecule has 0 saturated heterocycles. The molecule has 16 aromatic rings. The molecule has 0 aliphatic heterocycles. The molecular weight excluding hydrogens is 989 g/mol. The van der Waals surface area contributed by atoms with Crippen molar-refractivity contribution in [1.82, 2.24) is 24.1 Å². The normalized spacial score (nSPS) is 11.8. The summed E-state index contributed by atoms with van der Waals surface area (Å²) >= 11 is 3.71. The van der Waals surface area contributed by atoms with Crippen molar-refractivity contribution in [1.29, 1.82) is 0 Å². The fraction of sp³-hybridized carbons (Fsp3) is 0. The van der Waals surface area contributed by atoms with Crippen LogP contribution in [0, 0.1) is 6.57 Å². The first-order valence-corrected chi connectivity index (χ1v) is 27.6. The van der Waals surface area contributed by atoms with Crippen LogP contribution in [0.5, 0.6) is 0 Å². The molecule has 5 heterocycles. The van der Waals surface area contributed by atoms with Gasteiger partial charge in [-0.15, -0.1) is 22.7 Å². The molecule has 78 heavy (non-hydrogen) atoms. The third-order valence-electron chi connectivity index (χ3n) is 15.4. The number of benzene rings is 11. The lowest BCUT2D eigenvalue weighted by Crippen LogP contribution is -2.02. The van der Waals surface area contributed by atoms with Gasteiger partial charge in [0.2, 0.25) is 0 Å². The van der Waals surface area contributed by atoms with Gasteiger partial charge in [0.25, 0.3) is 0 Å². The Hall–Kier alpha value is -10.0. The number of aromatic nitrogens is 5. The fourth-order valence-corrected chi connectivity index (χ4v) is 14.5. The average molecular weight is 1030 g/mol. The van der Waals surface area contributed by atoms with Gasteiger partial charge in [-0.3, -0.25) is 0 Å². The molecular formula is C70H40N6S2. The third-order valence-corrected chi connectivity index (χ3v) is 17.8. The summed E-state index contributed by atoms with van der Waals surface area (Å²) in [6.45, 7) is 8.56. The van der Waals surface area contributed by atoms with E-state index in [1.807, 2.05) is 102 Å². The summed E-state index contributed by atoms with van der Waals surface area (Å²) < 4.78 is 9.94. The van der Waals surface area contributed by atoms with Gasteiger partial charge in [-0.05, 0) is 83.4 Å². The Morgan fingerprint density at radius 2 is 0.756 bits per heavy atom. The molecule has 11 aromatic carbocycles. The fourth-order valence-electron chi connectivity index (χ4n) is 11.9.